The Morgan fingerprint density at radius 3 is 2.57 bits per heavy atom. The Hall–Kier alpha value is -2.04. The van der Waals surface area contributed by atoms with Gasteiger partial charge in [-0.2, -0.15) is 0 Å². The molecule has 0 spiro atoms. The molecule has 5 heteroatoms. The van der Waals surface area contributed by atoms with E-state index < -0.39 is 0 Å². The molecule has 0 aliphatic heterocycles. The van der Waals surface area contributed by atoms with Crippen molar-refractivity contribution < 1.29 is 9.18 Å². The molecule has 0 unspecified atom stereocenters. The molecule has 70 valence electrons. The fraction of sp³-hybridized carbons (Fsp3) is 0. The van der Waals surface area contributed by atoms with Gasteiger partial charge in [0.25, 0.3) is 0 Å². The number of carbonyl (C=O) groups is 1. The number of aromatic nitrogens is 3. The molecule has 0 saturated carbocycles. The van der Waals surface area contributed by atoms with Crippen LogP contribution in [-0.4, -0.2) is 21.1 Å². The Balaban J connectivity index is 2.39. The predicted molar refractivity (Wildman–Crippen MR) is 46.7 cm³/mol. The zero-order valence-corrected chi connectivity index (χ0v) is 7.09. The van der Waals surface area contributed by atoms with Crippen LogP contribution < -0.4 is 0 Å². The molecule has 14 heavy (non-hydrogen) atoms. The highest BCUT2D eigenvalue weighted by Crippen LogP contribution is 2.06. The van der Waals surface area contributed by atoms with Crippen molar-refractivity contribution in [2.24, 2.45) is 0 Å². The van der Waals surface area contributed by atoms with Crippen LogP contribution in [-0.2, 0) is 0 Å². The van der Waals surface area contributed by atoms with E-state index >= 15 is 0 Å². The Morgan fingerprint density at radius 1 is 1.29 bits per heavy atom. The molecule has 0 radical (unpaired) electrons. The van der Waals surface area contributed by atoms with E-state index in [1.165, 1.54) is 23.1 Å². The maximum Gasteiger partial charge on any atom is 0.214 e. The molecule has 0 bridgehead atoms. The zero-order chi connectivity index (χ0) is 9.97. The second-order valence-electron chi connectivity index (χ2n) is 2.64. The van der Waals surface area contributed by atoms with Crippen molar-refractivity contribution in [1.82, 2.24) is 14.8 Å². The third-order valence-electron chi connectivity index (χ3n) is 1.71. The summed E-state index contributed by atoms with van der Waals surface area (Å²) in [5.74, 6) is -0.209. The fourth-order valence-corrected chi connectivity index (χ4v) is 1.05. The minimum absolute atomic E-state index is 0.106. The molecule has 4 nitrogen and oxygen atoms in total. The molecule has 0 aliphatic rings. The van der Waals surface area contributed by atoms with Crippen molar-refractivity contribution in [2.45, 2.75) is 0 Å². The van der Waals surface area contributed by atoms with Gasteiger partial charge in [0.1, 0.15) is 12.1 Å². The first-order valence-electron chi connectivity index (χ1n) is 3.92. The van der Waals surface area contributed by atoms with Gasteiger partial charge in [-0.3, -0.25) is 4.79 Å². The standard InChI is InChI=1S/C9H6FN3O/c10-7-1-3-8(4-2-7)13-6-11-9(5-14)12-13/h1-6H. The zero-order valence-electron chi connectivity index (χ0n) is 7.09. The van der Waals surface area contributed by atoms with Gasteiger partial charge >= 0.3 is 0 Å². The van der Waals surface area contributed by atoms with Gasteiger partial charge in [0, 0.05) is 0 Å². The Morgan fingerprint density at radius 2 is 2.00 bits per heavy atom. The van der Waals surface area contributed by atoms with Crippen molar-refractivity contribution in [3.8, 4) is 5.69 Å². The molecule has 0 saturated heterocycles. The van der Waals surface area contributed by atoms with E-state index in [1.54, 1.807) is 12.1 Å². The van der Waals surface area contributed by atoms with Crippen LogP contribution in [0.4, 0.5) is 4.39 Å². The van der Waals surface area contributed by atoms with Gasteiger partial charge in [-0.15, -0.1) is 5.10 Å². The fourth-order valence-electron chi connectivity index (χ4n) is 1.05. The molecular weight excluding hydrogens is 185 g/mol. The average molecular weight is 191 g/mol. The number of hydrogen-bond donors (Lipinski definition) is 0. The van der Waals surface area contributed by atoms with Crippen LogP contribution in [0.3, 0.4) is 0 Å². The smallest absolute Gasteiger partial charge is 0.214 e. The van der Waals surface area contributed by atoms with E-state index in [-0.39, 0.29) is 11.6 Å². The number of rotatable bonds is 2. The average Bonchev–Trinajstić information content (AvgIpc) is 2.67. The number of hydrogen-bond acceptors (Lipinski definition) is 3. The molecular formula is C9H6FN3O. The van der Waals surface area contributed by atoms with E-state index in [0.29, 0.717) is 12.0 Å². The summed E-state index contributed by atoms with van der Waals surface area (Å²) in [6.07, 6.45) is 1.96. The highest BCUT2D eigenvalue weighted by molar-refractivity contribution is 5.68. The lowest BCUT2D eigenvalue weighted by Crippen LogP contribution is -1.95. The molecule has 2 rings (SSSR count). The maximum atomic E-state index is 12.6. The lowest BCUT2D eigenvalue weighted by molar-refractivity contribution is 0.111. The van der Waals surface area contributed by atoms with Crippen LogP contribution in [0.15, 0.2) is 30.6 Å². The molecule has 0 fully saturated rings. The number of benzene rings is 1. The topological polar surface area (TPSA) is 47.8 Å². The summed E-state index contributed by atoms with van der Waals surface area (Å²) in [4.78, 5) is 14.0. The van der Waals surface area contributed by atoms with Crippen LogP contribution in [0, 0.1) is 5.82 Å². The van der Waals surface area contributed by atoms with Crippen LogP contribution >= 0.6 is 0 Å². The predicted octanol–water partition coefficient (Wildman–Crippen LogP) is 1.22. The number of nitrogens with zero attached hydrogens (tertiary/aromatic N) is 3. The molecule has 2 aromatic rings. The summed E-state index contributed by atoms with van der Waals surface area (Å²) in [5.41, 5.74) is 0.659. The van der Waals surface area contributed by atoms with Gasteiger partial charge < -0.3 is 0 Å². The van der Waals surface area contributed by atoms with E-state index in [0.717, 1.165) is 0 Å². The van der Waals surface area contributed by atoms with Crippen LogP contribution in [0.2, 0.25) is 0 Å². The van der Waals surface area contributed by atoms with Gasteiger partial charge in [-0.25, -0.2) is 14.1 Å². The Labute approximate surface area is 79.0 Å². The normalized spacial score (nSPS) is 10.1. The van der Waals surface area contributed by atoms with Gasteiger partial charge in [0.15, 0.2) is 6.29 Å². The minimum Gasteiger partial charge on any atom is -0.294 e. The monoisotopic (exact) mass is 191 g/mol. The van der Waals surface area contributed by atoms with E-state index in [4.69, 9.17) is 0 Å². The molecule has 0 N–H and O–H groups in total. The largest absolute Gasteiger partial charge is 0.294 e. The number of carbonyl (C=O) groups excluding carboxylic acids is 1. The van der Waals surface area contributed by atoms with Gasteiger partial charge in [-0.1, -0.05) is 0 Å². The molecule has 1 aromatic carbocycles. The molecule has 0 atom stereocenters. The van der Waals surface area contributed by atoms with E-state index in [1.807, 2.05) is 0 Å². The van der Waals surface area contributed by atoms with Crippen molar-refractivity contribution in [3.63, 3.8) is 0 Å². The second kappa shape index (κ2) is 3.37. The first-order chi connectivity index (χ1) is 6.79. The first-order valence-corrected chi connectivity index (χ1v) is 3.92. The van der Waals surface area contributed by atoms with Crippen molar-refractivity contribution in [1.29, 1.82) is 0 Å². The summed E-state index contributed by atoms with van der Waals surface area (Å²) in [6.45, 7) is 0. The highest BCUT2D eigenvalue weighted by Gasteiger charge is 2.00. The molecule has 0 amide bonds. The summed E-state index contributed by atoms with van der Waals surface area (Å²) < 4.78 is 14.0. The third-order valence-corrected chi connectivity index (χ3v) is 1.71. The van der Waals surface area contributed by atoms with Gasteiger partial charge in [0.05, 0.1) is 5.69 Å². The summed E-state index contributed by atoms with van der Waals surface area (Å²) >= 11 is 0. The summed E-state index contributed by atoms with van der Waals surface area (Å²) in [7, 11) is 0. The second-order valence-corrected chi connectivity index (χ2v) is 2.64. The van der Waals surface area contributed by atoms with E-state index in [2.05, 4.69) is 10.1 Å². The summed E-state index contributed by atoms with van der Waals surface area (Å²) in [5, 5.41) is 3.84. The molecule has 1 heterocycles. The van der Waals surface area contributed by atoms with E-state index in [9.17, 15) is 9.18 Å². The minimum atomic E-state index is -0.315. The quantitative estimate of drug-likeness (QED) is 0.670. The van der Waals surface area contributed by atoms with Gasteiger partial charge in [0.2, 0.25) is 5.82 Å². The number of aldehydes is 1. The lowest BCUT2D eigenvalue weighted by atomic mass is 10.3. The third kappa shape index (κ3) is 1.52. The van der Waals surface area contributed by atoms with Crippen molar-refractivity contribution in [2.75, 3.05) is 0 Å². The Kier molecular flexibility index (Phi) is 2.06. The van der Waals surface area contributed by atoms with Gasteiger partial charge in [-0.05, 0) is 24.3 Å². The van der Waals surface area contributed by atoms with Crippen molar-refractivity contribution in [3.05, 3.63) is 42.2 Å². The molecule has 0 aliphatic carbocycles. The highest BCUT2D eigenvalue weighted by atomic mass is 19.1. The van der Waals surface area contributed by atoms with Crippen LogP contribution in [0.25, 0.3) is 5.69 Å². The maximum absolute atomic E-state index is 12.6. The Bertz CT molecular complexity index is 449. The van der Waals surface area contributed by atoms with Crippen LogP contribution in [0.5, 0.6) is 0 Å². The number of halogens is 1. The first kappa shape index (κ1) is 8.55. The SMILES string of the molecule is O=Cc1ncn(-c2ccc(F)cc2)n1. The lowest BCUT2D eigenvalue weighted by Gasteiger charge is -1.97. The van der Waals surface area contributed by atoms with Crippen molar-refractivity contribution >= 4 is 6.29 Å². The molecule has 1 aromatic heterocycles. The van der Waals surface area contributed by atoms with Crippen LogP contribution in [0.1, 0.15) is 10.6 Å². The summed E-state index contributed by atoms with van der Waals surface area (Å²) in [6, 6.07) is 5.74.